The first kappa shape index (κ1) is 9.55. The van der Waals surface area contributed by atoms with Gasteiger partial charge in [-0.15, -0.1) is 11.6 Å². The molecule has 0 aliphatic carbocycles. The van der Waals surface area contributed by atoms with E-state index in [9.17, 15) is 0 Å². The summed E-state index contributed by atoms with van der Waals surface area (Å²) in [5.74, 6) is 5.40. The van der Waals surface area contributed by atoms with Gasteiger partial charge in [0.05, 0.1) is 6.61 Å². The van der Waals surface area contributed by atoms with Crippen LogP contribution in [0.5, 0.6) is 0 Å². The Morgan fingerprint density at radius 2 is 2.50 bits per heavy atom. The zero-order chi connectivity index (χ0) is 7.82. The summed E-state index contributed by atoms with van der Waals surface area (Å²) in [5, 5.41) is -0.210. The summed E-state index contributed by atoms with van der Waals surface area (Å²) in [6.07, 6.45) is 1.52. The van der Waals surface area contributed by atoms with E-state index in [-0.39, 0.29) is 5.38 Å². The average molecular weight is 159 g/mol. The minimum atomic E-state index is -0.210. The van der Waals surface area contributed by atoms with Crippen LogP contribution in [0.25, 0.3) is 0 Å². The van der Waals surface area contributed by atoms with E-state index in [1.165, 1.54) is 6.08 Å². The maximum absolute atomic E-state index is 5.69. The van der Waals surface area contributed by atoms with E-state index in [2.05, 4.69) is 18.4 Å². The monoisotopic (exact) mass is 158 g/mol. The molecule has 2 heteroatoms. The molecule has 0 bridgehead atoms. The highest BCUT2D eigenvalue weighted by molar-refractivity contribution is 6.22. The van der Waals surface area contributed by atoms with Crippen molar-refractivity contribution in [2.24, 2.45) is 0 Å². The van der Waals surface area contributed by atoms with Crippen molar-refractivity contribution in [2.75, 3.05) is 13.2 Å². The fourth-order valence-electron chi connectivity index (χ4n) is 0.412. The zero-order valence-electron chi connectivity index (χ0n) is 6.06. The molecule has 0 rings (SSSR count). The molecule has 1 nitrogen and oxygen atoms in total. The molecule has 0 aliphatic heterocycles. The number of ether oxygens (including phenoxy) is 1. The zero-order valence-corrected chi connectivity index (χ0v) is 6.82. The molecule has 0 amide bonds. The Kier molecular flexibility index (Phi) is 6.37. The Balaban J connectivity index is 3.42. The number of halogens is 1. The van der Waals surface area contributed by atoms with Gasteiger partial charge >= 0.3 is 0 Å². The molecule has 56 valence electrons. The molecule has 1 unspecified atom stereocenters. The van der Waals surface area contributed by atoms with Crippen molar-refractivity contribution in [1.82, 2.24) is 0 Å². The standard InChI is InChI=1S/C8H11ClO/c1-3-5-6-8(9)7-10-4-2/h3,8H,1,4,7H2,2H3. The van der Waals surface area contributed by atoms with Crippen molar-refractivity contribution >= 4 is 11.6 Å². The van der Waals surface area contributed by atoms with Gasteiger partial charge in [-0.25, -0.2) is 0 Å². The fraction of sp³-hybridized carbons (Fsp3) is 0.500. The lowest BCUT2D eigenvalue weighted by Gasteiger charge is -1.99. The van der Waals surface area contributed by atoms with Crippen LogP contribution in [0.2, 0.25) is 0 Å². The van der Waals surface area contributed by atoms with E-state index in [4.69, 9.17) is 16.3 Å². The lowest BCUT2D eigenvalue weighted by atomic mass is 10.4. The van der Waals surface area contributed by atoms with Gasteiger partial charge in [0.1, 0.15) is 5.38 Å². The van der Waals surface area contributed by atoms with Crippen molar-refractivity contribution in [2.45, 2.75) is 12.3 Å². The van der Waals surface area contributed by atoms with Crippen LogP contribution in [0.1, 0.15) is 6.92 Å². The molecule has 0 aliphatic rings. The number of hydrogen-bond donors (Lipinski definition) is 0. The van der Waals surface area contributed by atoms with Crippen LogP contribution in [0.4, 0.5) is 0 Å². The fourth-order valence-corrected chi connectivity index (χ4v) is 0.564. The molecule has 10 heavy (non-hydrogen) atoms. The van der Waals surface area contributed by atoms with Gasteiger partial charge in [-0.2, -0.15) is 0 Å². The second-order valence-corrected chi connectivity index (χ2v) is 2.15. The van der Waals surface area contributed by atoms with Crippen molar-refractivity contribution < 1.29 is 4.74 Å². The molecule has 1 atom stereocenters. The molecule has 0 radical (unpaired) electrons. The number of alkyl halides is 1. The Bertz CT molecular complexity index is 143. The maximum atomic E-state index is 5.69. The van der Waals surface area contributed by atoms with Gasteiger partial charge in [0.25, 0.3) is 0 Å². The first-order chi connectivity index (χ1) is 4.81. The summed E-state index contributed by atoms with van der Waals surface area (Å²) < 4.78 is 5.02. The summed E-state index contributed by atoms with van der Waals surface area (Å²) in [7, 11) is 0. The lowest BCUT2D eigenvalue weighted by molar-refractivity contribution is 0.155. The average Bonchev–Trinajstić information content (AvgIpc) is 1.97. The molecular weight excluding hydrogens is 148 g/mol. The van der Waals surface area contributed by atoms with Crippen LogP contribution in [0.3, 0.4) is 0 Å². The molecule has 0 spiro atoms. The number of hydrogen-bond acceptors (Lipinski definition) is 1. The van der Waals surface area contributed by atoms with Crippen LogP contribution in [-0.2, 0) is 4.74 Å². The maximum Gasteiger partial charge on any atom is 0.118 e. The molecule has 0 aromatic heterocycles. The summed E-state index contributed by atoms with van der Waals surface area (Å²) >= 11 is 5.69. The van der Waals surface area contributed by atoms with Gasteiger partial charge in [0.2, 0.25) is 0 Å². The molecule has 0 aromatic carbocycles. The Hall–Kier alpha value is -0.450. The predicted octanol–water partition coefficient (Wildman–Crippen LogP) is 1.82. The third kappa shape index (κ3) is 5.68. The minimum Gasteiger partial charge on any atom is -0.379 e. The molecular formula is C8H11ClO. The van der Waals surface area contributed by atoms with E-state index in [0.717, 1.165) is 0 Å². The summed E-state index contributed by atoms with van der Waals surface area (Å²) in [6, 6.07) is 0. The van der Waals surface area contributed by atoms with Crippen LogP contribution in [0.15, 0.2) is 12.7 Å². The van der Waals surface area contributed by atoms with Crippen LogP contribution >= 0.6 is 11.6 Å². The number of rotatable bonds is 3. The van der Waals surface area contributed by atoms with Crippen molar-refractivity contribution in [3.05, 3.63) is 12.7 Å². The van der Waals surface area contributed by atoms with Crippen LogP contribution < -0.4 is 0 Å². The molecule has 0 aromatic rings. The molecule has 0 heterocycles. The predicted molar refractivity (Wildman–Crippen MR) is 44.1 cm³/mol. The van der Waals surface area contributed by atoms with Crippen LogP contribution in [0, 0.1) is 11.8 Å². The third-order valence-corrected chi connectivity index (χ3v) is 1.05. The quantitative estimate of drug-likeness (QED) is 0.450. The Labute approximate surface area is 67.0 Å². The third-order valence-electron chi connectivity index (χ3n) is 0.810. The Morgan fingerprint density at radius 1 is 1.80 bits per heavy atom. The van der Waals surface area contributed by atoms with E-state index in [0.29, 0.717) is 13.2 Å². The molecule has 0 saturated heterocycles. The normalized spacial score (nSPS) is 11.4. The number of allylic oxidation sites excluding steroid dienone is 1. The van der Waals surface area contributed by atoms with Gasteiger partial charge in [0, 0.05) is 6.61 Å². The second kappa shape index (κ2) is 6.67. The van der Waals surface area contributed by atoms with Gasteiger partial charge in [0.15, 0.2) is 0 Å². The lowest BCUT2D eigenvalue weighted by Crippen LogP contribution is -2.05. The first-order valence-corrected chi connectivity index (χ1v) is 3.58. The van der Waals surface area contributed by atoms with Crippen molar-refractivity contribution in [3.63, 3.8) is 0 Å². The van der Waals surface area contributed by atoms with E-state index in [1.54, 1.807) is 0 Å². The summed E-state index contributed by atoms with van der Waals surface area (Å²) in [5.41, 5.74) is 0. The topological polar surface area (TPSA) is 9.23 Å². The van der Waals surface area contributed by atoms with Gasteiger partial charge < -0.3 is 4.74 Å². The van der Waals surface area contributed by atoms with Gasteiger partial charge in [-0.1, -0.05) is 18.4 Å². The van der Waals surface area contributed by atoms with Crippen molar-refractivity contribution in [3.8, 4) is 11.8 Å². The van der Waals surface area contributed by atoms with Gasteiger partial charge in [-0.3, -0.25) is 0 Å². The second-order valence-electron chi connectivity index (χ2n) is 1.62. The Morgan fingerprint density at radius 3 is 3.00 bits per heavy atom. The van der Waals surface area contributed by atoms with E-state index >= 15 is 0 Å². The highest BCUT2D eigenvalue weighted by Gasteiger charge is 1.96. The molecule has 0 N–H and O–H groups in total. The summed E-state index contributed by atoms with van der Waals surface area (Å²) in [4.78, 5) is 0. The first-order valence-electron chi connectivity index (χ1n) is 3.15. The minimum absolute atomic E-state index is 0.210. The summed E-state index contributed by atoms with van der Waals surface area (Å²) in [6.45, 7) is 6.53. The van der Waals surface area contributed by atoms with Gasteiger partial charge in [-0.05, 0) is 13.0 Å². The molecule has 0 saturated carbocycles. The SMILES string of the molecule is C=CC#CC(Cl)COCC. The smallest absolute Gasteiger partial charge is 0.118 e. The van der Waals surface area contributed by atoms with E-state index in [1.807, 2.05) is 6.92 Å². The highest BCUT2D eigenvalue weighted by Crippen LogP contribution is 1.93. The molecule has 0 fully saturated rings. The highest BCUT2D eigenvalue weighted by atomic mass is 35.5. The van der Waals surface area contributed by atoms with Crippen LogP contribution in [-0.4, -0.2) is 18.6 Å². The van der Waals surface area contributed by atoms with Crippen molar-refractivity contribution in [1.29, 1.82) is 0 Å². The largest absolute Gasteiger partial charge is 0.379 e. The van der Waals surface area contributed by atoms with E-state index < -0.39 is 0 Å².